The first kappa shape index (κ1) is 10.7. The molecule has 2 N–H and O–H groups in total. The lowest BCUT2D eigenvalue weighted by atomic mass is 10.0. The van der Waals surface area contributed by atoms with Gasteiger partial charge in [-0.05, 0) is 31.2 Å². The van der Waals surface area contributed by atoms with E-state index in [2.05, 4.69) is 16.9 Å². The molecule has 3 rings (SSSR count). The topological polar surface area (TPSA) is 42.1 Å². The summed E-state index contributed by atoms with van der Waals surface area (Å²) in [6.07, 6.45) is 2.90. The van der Waals surface area contributed by atoms with Crippen molar-refractivity contribution in [3.05, 3.63) is 34.8 Å². The lowest BCUT2D eigenvalue weighted by molar-refractivity contribution is 0.317. The Labute approximate surface area is 105 Å². The largest absolute Gasteiger partial charge is 0.390 e. The molecule has 0 amide bonds. The third-order valence-corrected chi connectivity index (χ3v) is 4.24. The van der Waals surface area contributed by atoms with Crippen LogP contribution < -0.4 is 5.73 Å². The number of pyridine rings is 1. The third-order valence-electron chi connectivity index (χ3n) is 3.20. The van der Waals surface area contributed by atoms with Crippen molar-refractivity contribution in [1.82, 2.24) is 9.88 Å². The second-order valence-corrected chi connectivity index (χ2v) is 5.58. The summed E-state index contributed by atoms with van der Waals surface area (Å²) < 4.78 is 0. The molecule has 0 spiro atoms. The fourth-order valence-electron chi connectivity index (χ4n) is 2.34. The van der Waals surface area contributed by atoms with E-state index in [0.717, 1.165) is 30.2 Å². The molecule has 2 aromatic heterocycles. The monoisotopic (exact) mass is 245 g/mol. The summed E-state index contributed by atoms with van der Waals surface area (Å²) in [7, 11) is 2.15. The van der Waals surface area contributed by atoms with Crippen LogP contribution in [-0.2, 0) is 13.0 Å². The highest BCUT2D eigenvalue weighted by atomic mass is 32.1. The molecule has 0 atom stereocenters. The highest BCUT2D eigenvalue weighted by molar-refractivity contribution is 7.16. The summed E-state index contributed by atoms with van der Waals surface area (Å²) in [4.78, 5) is 8.16. The minimum atomic E-state index is 0.906. The molecule has 4 heteroatoms. The molecular formula is C13H15N3S. The molecule has 0 bridgehead atoms. The Morgan fingerprint density at radius 3 is 3.06 bits per heavy atom. The summed E-state index contributed by atoms with van der Waals surface area (Å²) >= 11 is 1.71. The van der Waals surface area contributed by atoms with Crippen LogP contribution in [0.2, 0.25) is 0 Å². The van der Waals surface area contributed by atoms with Gasteiger partial charge < -0.3 is 10.6 Å². The number of rotatable bonds is 1. The van der Waals surface area contributed by atoms with Crippen molar-refractivity contribution in [1.29, 1.82) is 0 Å². The number of hydrogen-bond acceptors (Lipinski definition) is 4. The number of likely N-dealkylation sites (N-methyl/N-ethyl adjacent to an activating group) is 1. The van der Waals surface area contributed by atoms with Crippen molar-refractivity contribution in [2.45, 2.75) is 13.0 Å². The molecule has 0 saturated carbocycles. The van der Waals surface area contributed by atoms with Crippen LogP contribution >= 0.6 is 11.3 Å². The van der Waals surface area contributed by atoms with E-state index in [1.54, 1.807) is 11.3 Å². The standard InChI is InChI=1S/C13H15N3S/c1-16-7-5-9-11(8-16)17-13(14)12(9)10-4-2-3-6-15-10/h2-4,6H,5,7-8,14H2,1H3. The van der Waals surface area contributed by atoms with Crippen molar-refractivity contribution in [2.75, 3.05) is 19.3 Å². The van der Waals surface area contributed by atoms with E-state index in [1.807, 2.05) is 24.4 Å². The Balaban J connectivity index is 2.12. The van der Waals surface area contributed by atoms with E-state index in [4.69, 9.17) is 5.73 Å². The first-order valence-corrected chi connectivity index (χ1v) is 6.57. The number of nitrogens with two attached hydrogens (primary N) is 1. The van der Waals surface area contributed by atoms with E-state index in [1.165, 1.54) is 16.0 Å². The van der Waals surface area contributed by atoms with E-state index >= 15 is 0 Å². The predicted octanol–water partition coefficient (Wildman–Crippen LogP) is 2.38. The van der Waals surface area contributed by atoms with Crippen LogP contribution in [0.15, 0.2) is 24.4 Å². The number of aromatic nitrogens is 1. The van der Waals surface area contributed by atoms with Gasteiger partial charge in [0.15, 0.2) is 0 Å². The number of fused-ring (bicyclic) bond motifs is 1. The van der Waals surface area contributed by atoms with Gasteiger partial charge in [0, 0.05) is 29.7 Å². The molecule has 2 aromatic rings. The Morgan fingerprint density at radius 2 is 2.29 bits per heavy atom. The normalized spacial score (nSPS) is 15.8. The molecule has 0 saturated heterocycles. The Morgan fingerprint density at radius 1 is 1.41 bits per heavy atom. The lowest BCUT2D eigenvalue weighted by Crippen LogP contribution is -2.25. The van der Waals surface area contributed by atoms with Gasteiger partial charge in [-0.1, -0.05) is 6.07 Å². The Hall–Kier alpha value is -1.39. The maximum absolute atomic E-state index is 6.16. The lowest BCUT2D eigenvalue weighted by Gasteiger charge is -2.22. The third kappa shape index (κ3) is 1.83. The first-order valence-electron chi connectivity index (χ1n) is 5.75. The van der Waals surface area contributed by atoms with Crippen molar-refractivity contribution in [3.8, 4) is 11.3 Å². The van der Waals surface area contributed by atoms with E-state index < -0.39 is 0 Å². The summed E-state index contributed by atoms with van der Waals surface area (Å²) in [6.45, 7) is 2.11. The smallest absolute Gasteiger partial charge is 0.0958 e. The minimum Gasteiger partial charge on any atom is -0.390 e. The van der Waals surface area contributed by atoms with Crippen molar-refractivity contribution >= 4 is 16.3 Å². The van der Waals surface area contributed by atoms with Crippen LogP contribution in [0.25, 0.3) is 11.3 Å². The van der Waals surface area contributed by atoms with Gasteiger partial charge >= 0.3 is 0 Å². The van der Waals surface area contributed by atoms with Crippen molar-refractivity contribution in [2.24, 2.45) is 0 Å². The molecule has 0 aliphatic carbocycles. The second-order valence-electron chi connectivity index (χ2n) is 4.45. The number of thiophene rings is 1. The van der Waals surface area contributed by atoms with Crippen LogP contribution in [-0.4, -0.2) is 23.5 Å². The highest BCUT2D eigenvalue weighted by Crippen LogP contribution is 2.40. The van der Waals surface area contributed by atoms with E-state index in [0.29, 0.717) is 0 Å². The molecule has 3 heterocycles. The van der Waals surface area contributed by atoms with Gasteiger partial charge in [-0.25, -0.2) is 0 Å². The van der Waals surface area contributed by atoms with Crippen LogP contribution in [0.4, 0.5) is 5.00 Å². The average Bonchev–Trinajstić information content (AvgIpc) is 2.65. The van der Waals surface area contributed by atoms with Crippen molar-refractivity contribution in [3.63, 3.8) is 0 Å². The minimum absolute atomic E-state index is 0.906. The Bertz CT molecular complexity index is 533. The summed E-state index contributed by atoms with van der Waals surface area (Å²) in [5.74, 6) is 0. The van der Waals surface area contributed by atoms with Gasteiger partial charge in [0.05, 0.1) is 10.7 Å². The fraction of sp³-hybridized carbons (Fsp3) is 0.308. The molecule has 0 radical (unpaired) electrons. The van der Waals surface area contributed by atoms with Crippen LogP contribution in [0.1, 0.15) is 10.4 Å². The predicted molar refractivity (Wildman–Crippen MR) is 72.0 cm³/mol. The van der Waals surface area contributed by atoms with Gasteiger partial charge in [0.25, 0.3) is 0 Å². The zero-order valence-corrected chi connectivity index (χ0v) is 10.6. The van der Waals surface area contributed by atoms with Gasteiger partial charge in [-0.3, -0.25) is 4.98 Å². The van der Waals surface area contributed by atoms with Crippen LogP contribution in [0.5, 0.6) is 0 Å². The molecule has 0 fully saturated rings. The SMILES string of the molecule is CN1CCc2c(sc(N)c2-c2ccccn2)C1. The van der Waals surface area contributed by atoms with E-state index in [-0.39, 0.29) is 0 Å². The van der Waals surface area contributed by atoms with Gasteiger partial charge in [0.1, 0.15) is 0 Å². The first-order chi connectivity index (χ1) is 8.25. The molecule has 17 heavy (non-hydrogen) atoms. The number of nitrogens with zero attached hydrogens (tertiary/aromatic N) is 2. The van der Waals surface area contributed by atoms with Gasteiger partial charge in [-0.15, -0.1) is 11.3 Å². The molecule has 88 valence electrons. The second kappa shape index (κ2) is 4.13. The molecule has 3 nitrogen and oxygen atoms in total. The molecule has 1 aliphatic heterocycles. The number of anilines is 1. The molecule has 0 unspecified atom stereocenters. The zero-order valence-electron chi connectivity index (χ0n) is 9.81. The summed E-state index contributed by atoms with van der Waals surface area (Å²) in [5.41, 5.74) is 9.74. The summed E-state index contributed by atoms with van der Waals surface area (Å²) in [5, 5.41) is 0.906. The van der Waals surface area contributed by atoms with Crippen LogP contribution in [0.3, 0.4) is 0 Å². The van der Waals surface area contributed by atoms with Gasteiger partial charge in [0.2, 0.25) is 0 Å². The maximum atomic E-state index is 6.16. The molecule has 1 aliphatic rings. The zero-order chi connectivity index (χ0) is 11.8. The van der Waals surface area contributed by atoms with Gasteiger partial charge in [-0.2, -0.15) is 0 Å². The molecule has 0 aromatic carbocycles. The average molecular weight is 245 g/mol. The highest BCUT2D eigenvalue weighted by Gasteiger charge is 2.22. The maximum Gasteiger partial charge on any atom is 0.0958 e. The summed E-state index contributed by atoms with van der Waals surface area (Å²) in [6, 6.07) is 5.99. The Kier molecular flexibility index (Phi) is 2.61. The quantitative estimate of drug-likeness (QED) is 0.838. The fourth-order valence-corrected chi connectivity index (χ4v) is 3.55. The molecular weight excluding hydrogens is 230 g/mol. The number of nitrogen functional groups attached to an aromatic ring is 1. The number of hydrogen-bond donors (Lipinski definition) is 1. The van der Waals surface area contributed by atoms with Crippen LogP contribution in [0, 0.1) is 0 Å². The van der Waals surface area contributed by atoms with Crippen molar-refractivity contribution < 1.29 is 0 Å². The van der Waals surface area contributed by atoms with E-state index in [9.17, 15) is 0 Å².